The SMILES string of the molecule is CCC(C)CCCCCCCCCCCCCCCCC(=O)O[C@H](COC(=O)CCCCCCCCCCCCCCCCCCCCC(C)C)COP(=O)(O)OCC(O)COP(=O)(O)OC[C@@H](COC(=O)CCCCCCCCCC(C)C)OC(=O)CCCCCCCCC(C)C. The maximum absolute atomic E-state index is 13.1. The highest BCUT2D eigenvalue weighted by molar-refractivity contribution is 7.47. The van der Waals surface area contributed by atoms with Crippen molar-refractivity contribution in [1.82, 2.24) is 0 Å². The van der Waals surface area contributed by atoms with Crippen LogP contribution in [0, 0.1) is 23.7 Å². The van der Waals surface area contributed by atoms with Crippen LogP contribution < -0.4 is 0 Å². The minimum atomic E-state index is -4.96. The first-order valence-corrected chi connectivity index (χ1v) is 43.7. The summed E-state index contributed by atoms with van der Waals surface area (Å²) in [5.74, 6) is 0.920. The number of hydrogen-bond donors (Lipinski definition) is 3. The first kappa shape index (κ1) is 96.1. The number of carbonyl (C=O) groups excluding carboxylic acids is 4. The molecule has 0 bridgehead atoms. The maximum atomic E-state index is 13.1. The molecule has 0 saturated carbocycles. The van der Waals surface area contributed by atoms with E-state index in [4.69, 9.17) is 37.0 Å². The van der Waals surface area contributed by atoms with Gasteiger partial charge in [-0.05, 0) is 49.4 Å². The van der Waals surface area contributed by atoms with Gasteiger partial charge in [0.15, 0.2) is 12.2 Å². The molecule has 0 radical (unpaired) electrons. The van der Waals surface area contributed by atoms with E-state index >= 15 is 0 Å². The van der Waals surface area contributed by atoms with Gasteiger partial charge in [0.25, 0.3) is 0 Å². The Kier molecular flexibility index (Phi) is 66.8. The molecule has 17 nitrogen and oxygen atoms in total. The largest absolute Gasteiger partial charge is 0.472 e. The summed E-state index contributed by atoms with van der Waals surface area (Å²) in [6, 6.07) is 0. The van der Waals surface area contributed by atoms with Gasteiger partial charge < -0.3 is 33.8 Å². The highest BCUT2D eigenvalue weighted by Crippen LogP contribution is 2.45. The average Bonchev–Trinajstić information content (AvgIpc) is 1.09. The molecular weight excluding hydrogens is 1280 g/mol. The minimum absolute atomic E-state index is 0.101. The third-order valence-corrected chi connectivity index (χ3v) is 20.6. The second-order valence-electron chi connectivity index (χ2n) is 30.1. The monoisotopic (exact) mass is 1440 g/mol. The smallest absolute Gasteiger partial charge is 0.462 e. The number of carbonyl (C=O) groups is 4. The number of rotatable bonds is 76. The summed E-state index contributed by atoms with van der Waals surface area (Å²) in [7, 11) is -9.91. The number of aliphatic hydroxyl groups excluding tert-OH is 1. The van der Waals surface area contributed by atoms with E-state index in [1.54, 1.807) is 0 Å². The van der Waals surface area contributed by atoms with Crippen molar-refractivity contribution in [3.8, 4) is 0 Å². The molecule has 582 valence electrons. The Morgan fingerprint density at radius 1 is 0.286 bits per heavy atom. The second-order valence-corrected chi connectivity index (χ2v) is 33.0. The summed E-state index contributed by atoms with van der Waals surface area (Å²) in [6.07, 6.45) is 54.5. The van der Waals surface area contributed by atoms with Crippen LogP contribution in [-0.2, 0) is 65.4 Å². The molecule has 0 aromatic carbocycles. The van der Waals surface area contributed by atoms with Gasteiger partial charge in [-0.3, -0.25) is 37.3 Å². The van der Waals surface area contributed by atoms with Crippen LogP contribution in [0.4, 0.5) is 0 Å². The van der Waals surface area contributed by atoms with Crippen LogP contribution >= 0.6 is 15.6 Å². The fourth-order valence-electron chi connectivity index (χ4n) is 12.0. The van der Waals surface area contributed by atoms with E-state index in [2.05, 4.69) is 55.4 Å². The molecule has 0 rings (SSSR count). The Bertz CT molecular complexity index is 1920. The molecule has 0 aliphatic rings. The summed E-state index contributed by atoms with van der Waals surface area (Å²) >= 11 is 0. The Morgan fingerprint density at radius 3 is 0.724 bits per heavy atom. The maximum Gasteiger partial charge on any atom is 0.472 e. The summed E-state index contributed by atoms with van der Waals surface area (Å²) in [4.78, 5) is 72.8. The van der Waals surface area contributed by atoms with Crippen molar-refractivity contribution in [3.63, 3.8) is 0 Å². The molecule has 0 aliphatic heterocycles. The second kappa shape index (κ2) is 68.2. The average molecular weight is 1440 g/mol. The predicted octanol–water partition coefficient (Wildman–Crippen LogP) is 23.2. The van der Waals surface area contributed by atoms with Gasteiger partial charge in [0.1, 0.15) is 19.3 Å². The lowest BCUT2D eigenvalue weighted by Gasteiger charge is -2.21. The van der Waals surface area contributed by atoms with Gasteiger partial charge in [0.2, 0.25) is 0 Å². The molecule has 0 heterocycles. The van der Waals surface area contributed by atoms with E-state index in [0.717, 1.165) is 108 Å². The molecule has 6 atom stereocenters. The Labute approximate surface area is 600 Å². The molecule has 3 N–H and O–H groups in total. The molecule has 0 saturated heterocycles. The number of unbranched alkanes of at least 4 members (excludes halogenated alkanes) is 41. The molecule has 0 aromatic heterocycles. The predicted molar refractivity (Wildman–Crippen MR) is 400 cm³/mol. The molecule has 0 spiro atoms. The van der Waals surface area contributed by atoms with Crippen molar-refractivity contribution >= 4 is 39.5 Å². The van der Waals surface area contributed by atoms with Crippen LogP contribution in [0.1, 0.15) is 402 Å². The van der Waals surface area contributed by atoms with Crippen LogP contribution in [0.5, 0.6) is 0 Å². The first-order chi connectivity index (χ1) is 47.1. The molecular formula is C79H154O17P2. The summed E-state index contributed by atoms with van der Waals surface area (Å²) in [5, 5.41) is 10.6. The standard InChI is InChI=1S/C79H154O17P2/c1-9-72(8)58-50-42-33-27-23-19-16-17-21-25-29-35-45-53-61-78(83)95-74(65-89-76(81)59-51-43-34-28-24-20-15-13-11-10-12-14-18-22-26-31-39-47-55-69(2)3)67-93-97(85,86)91-63-73(80)64-92-98(87,88)94-68-75(96-79(84)62-54-46-38-37-41-49-57-71(6)7)66-90-77(82)60-52-44-36-30-32-40-48-56-70(4)5/h69-75,80H,9-68H2,1-8H3,(H,85,86)(H,87,88)/t72?,73?,74-,75-/m1/s1. The first-order valence-electron chi connectivity index (χ1n) is 40.7. The van der Waals surface area contributed by atoms with Crippen molar-refractivity contribution in [1.29, 1.82) is 0 Å². The fraction of sp³-hybridized carbons (Fsp3) is 0.949. The number of aliphatic hydroxyl groups is 1. The Balaban J connectivity index is 5.18. The summed E-state index contributed by atoms with van der Waals surface area (Å²) in [6.45, 7) is 14.2. The quantitative estimate of drug-likeness (QED) is 0.0222. The van der Waals surface area contributed by atoms with E-state index in [1.165, 1.54) is 199 Å². The van der Waals surface area contributed by atoms with Crippen LogP contribution in [0.15, 0.2) is 0 Å². The van der Waals surface area contributed by atoms with Crippen LogP contribution in [-0.4, -0.2) is 96.7 Å². The fourth-order valence-corrected chi connectivity index (χ4v) is 13.6. The number of hydrogen-bond acceptors (Lipinski definition) is 15. The number of esters is 4. The number of phosphoric ester groups is 2. The van der Waals surface area contributed by atoms with Gasteiger partial charge in [-0.25, -0.2) is 9.13 Å². The van der Waals surface area contributed by atoms with Gasteiger partial charge in [-0.15, -0.1) is 0 Å². The molecule has 98 heavy (non-hydrogen) atoms. The van der Waals surface area contributed by atoms with E-state index in [1.807, 2.05) is 0 Å². The van der Waals surface area contributed by atoms with E-state index < -0.39 is 97.5 Å². The Morgan fingerprint density at radius 2 is 0.490 bits per heavy atom. The van der Waals surface area contributed by atoms with Gasteiger partial charge in [0, 0.05) is 25.7 Å². The summed E-state index contributed by atoms with van der Waals surface area (Å²) in [5.41, 5.74) is 0. The minimum Gasteiger partial charge on any atom is -0.462 e. The van der Waals surface area contributed by atoms with Gasteiger partial charge in [0.05, 0.1) is 26.4 Å². The van der Waals surface area contributed by atoms with Crippen molar-refractivity contribution < 1.29 is 80.2 Å². The number of ether oxygens (including phenoxy) is 4. The zero-order chi connectivity index (χ0) is 72.4. The third kappa shape index (κ3) is 71.1. The summed E-state index contributed by atoms with van der Waals surface area (Å²) < 4.78 is 68.5. The molecule has 19 heteroatoms. The molecule has 4 unspecified atom stereocenters. The molecule has 0 aromatic rings. The lowest BCUT2D eigenvalue weighted by atomic mass is 9.99. The molecule has 0 fully saturated rings. The van der Waals surface area contributed by atoms with Gasteiger partial charge >= 0.3 is 39.5 Å². The highest BCUT2D eigenvalue weighted by Gasteiger charge is 2.30. The van der Waals surface area contributed by atoms with Crippen molar-refractivity contribution in [3.05, 3.63) is 0 Å². The highest BCUT2D eigenvalue weighted by atomic mass is 31.2. The zero-order valence-corrected chi connectivity index (χ0v) is 66.2. The lowest BCUT2D eigenvalue weighted by molar-refractivity contribution is -0.161. The topological polar surface area (TPSA) is 237 Å². The van der Waals surface area contributed by atoms with E-state index in [0.29, 0.717) is 37.5 Å². The Hall–Kier alpha value is -1.94. The van der Waals surface area contributed by atoms with Crippen LogP contribution in [0.25, 0.3) is 0 Å². The molecule has 0 aliphatic carbocycles. The number of phosphoric acid groups is 2. The van der Waals surface area contributed by atoms with Crippen LogP contribution in [0.3, 0.4) is 0 Å². The van der Waals surface area contributed by atoms with Crippen molar-refractivity contribution in [2.75, 3.05) is 39.6 Å². The lowest BCUT2D eigenvalue weighted by Crippen LogP contribution is -2.30. The molecule has 0 amide bonds. The van der Waals surface area contributed by atoms with Crippen LogP contribution in [0.2, 0.25) is 0 Å². The van der Waals surface area contributed by atoms with Crippen molar-refractivity contribution in [2.45, 2.75) is 420 Å². The normalized spacial score (nSPS) is 14.3. The third-order valence-electron chi connectivity index (χ3n) is 18.7. The van der Waals surface area contributed by atoms with Crippen molar-refractivity contribution in [2.24, 2.45) is 23.7 Å². The van der Waals surface area contributed by atoms with E-state index in [-0.39, 0.29) is 25.7 Å². The zero-order valence-electron chi connectivity index (χ0n) is 64.4. The van der Waals surface area contributed by atoms with E-state index in [9.17, 15) is 43.2 Å². The van der Waals surface area contributed by atoms with Gasteiger partial charge in [-0.2, -0.15) is 0 Å². The van der Waals surface area contributed by atoms with Gasteiger partial charge in [-0.1, -0.05) is 351 Å².